The molecule has 6 heteroatoms. The van der Waals surface area contributed by atoms with Crippen molar-refractivity contribution >= 4 is 17.7 Å². The molecule has 0 unspecified atom stereocenters. The van der Waals surface area contributed by atoms with Crippen LogP contribution in [0.15, 0.2) is 30.3 Å². The molecule has 0 bridgehead atoms. The molecule has 1 aliphatic heterocycles. The van der Waals surface area contributed by atoms with E-state index in [-0.39, 0.29) is 11.9 Å². The number of hydrogen-bond acceptors (Lipinski definition) is 4. The summed E-state index contributed by atoms with van der Waals surface area (Å²) in [6.07, 6.45) is 2.21. The minimum absolute atomic E-state index is 0.0899. The van der Waals surface area contributed by atoms with E-state index < -0.39 is 0 Å². The van der Waals surface area contributed by atoms with Gasteiger partial charge in [-0.15, -0.1) is 0 Å². The van der Waals surface area contributed by atoms with Crippen molar-refractivity contribution < 1.29 is 9.53 Å². The summed E-state index contributed by atoms with van der Waals surface area (Å²) in [5, 5.41) is 7.55. The van der Waals surface area contributed by atoms with Crippen LogP contribution in [0.2, 0.25) is 0 Å². The number of methoxy groups -OCH3 is 1. The average molecular weight is 331 g/mol. The van der Waals surface area contributed by atoms with Gasteiger partial charge in [0.15, 0.2) is 5.69 Å². The number of benzene rings is 1. The first-order valence-electron chi connectivity index (χ1n) is 7.77. The minimum Gasteiger partial charge on any atom is -0.497 e. The summed E-state index contributed by atoms with van der Waals surface area (Å²) in [4.78, 5) is 12.4. The van der Waals surface area contributed by atoms with Gasteiger partial charge in [0.25, 0.3) is 5.91 Å². The Hall–Kier alpha value is -1.95. The van der Waals surface area contributed by atoms with Gasteiger partial charge in [-0.2, -0.15) is 16.9 Å². The third kappa shape index (κ3) is 3.69. The van der Waals surface area contributed by atoms with E-state index in [1.54, 1.807) is 11.8 Å². The van der Waals surface area contributed by atoms with Gasteiger partial charge in [-0.1, -0.05) is 0 Å². The first kappa shape index (κ1) is 15.9. The van der Waals surface area contributed by atoms with Crippen molar-refractivity contribution in [1.82, 2.24) is 15.1 Å². The minimum atomic E-state index is -0.0899. The summed E-state index contributed by atoms with van der Waals surface area (Å²) in [6, 6.07) is 9.71. The lowest BCUT2D eigenvalue weighted by Gasteiger charge is -2.21. The fourth-order valence-corrected chi connectivity index (χ4v) is 3.76. The molecule has 1 saturated heterocycles. The van der Waals surface area contributed by atoms with Crippen LogP contribution in [0.1, 0.15) is 29.0 Å². The molecule has 0 saturated carbocycles. The summed E-state index contributed by atoms with van der Waals surface area (Å²) in [5.74, 6) is 2.89. The van der Waals surface area contributed by atoms with Crippen LogP contribution in [-0.2, 0) is 0 Å². The Bertz CT molecular complexity index is 676. The number of aryl methyl sites for hydroxylation is 1. The average Bonchev–Trinajstić information content (AvgIpc) is 2.98. The number of thioether (sulfide) groups is 1. The van der Waals surface area contributed by atoms with Crippen LogP contribution in [0, 0.1) is 6.92 Å². The van der Waals surface area contributed by atoms with Crippen molar-refractivity contribution in [3.8, 4) is 11.4 Å². The maximum Gasteiger partial charge on any atom is 0.272 e. The van der Waals surface area contributed by atoms with E-state index in [4.69, 9.17) is 4.74 Å². The van der Waals surface area contributed by atoms with Gasteiger partial charge in [0.1, 0.15) is 5.75 Å². The quantitative estimate of drug-likeness (QED) is 0.936. The fourth-order valence-electron chi connectivity index (χ4n) is 2.68. The van der Waals surface area contributed by atoms with Crippen LogP contribution in [0.25, 0.3) is 5.69 Å². The number of aromatic nitrogens is 2. The monoisotopic (exact) mass is 331 g/mol. The van der Waals surface area contributed by atoms with E-state index >= 15 is 0 Å². The largest absolute Gasteiger partial charge is 0.497 e. The van der Waals surface area contributed by atoms with E-state index in [1.807, 2.05) is 49.0 Å². The van der Waals surface area contributed by atoms with Gasteiger partial charge in [-0.25, -0.2) is 4.68 Å². The number of amides is 1. The van der Waals surface area contributed by atoms with E-state index in [1.165, 1.54) is 5.75 Å². The molecular formula is C17H21N3O2S. The van der Waals surface area contributed by atoms with Crippen LogP contribution < -0.4 is 10.1 Å². The van der Waals surface area contributed by atoms with Crippen LogP contribution in [-0.4, -0.2) is 40.3 Å². The molecule has 1 aliphatic rings. The molecule has 1 atom stereocenters. The Morgan fingerprint density at radius 1 is 1.39 bits per heavy atom. The molecule has 1 aromatic heterocycles. The maximum absolute atomic E-state index is 12.4. The molecule has 2 heterocycles. The second-order valence-corrected chi connectivity index (χ2v) is 6.82. The molecule has 0 aliphatic carbocycles. The molecular weight excluding hydrogens is 310 g/mol. The van der Waals surface area contributed by atoms with Crippen molar-refractivity contribution in [2.45, 2.75) is 25.8 Å². The summed E-state index contributed by atoms with van der Waals surface area (Å²) in [6.45, 7) is 1.95. The van der Waals surface area contributed by atoms with E-state index in [0.717, 1.165) is 35.7 Å². The first-order valence-corrected chi connectivity index (χ1v) is 8.92. The van der Waals surface area contributed by atoms with Gasteiger partial charge in [0.2, 0.25) is 0 Å². The predicted molar refractivity (Wildman–Crippen MR) is 92.7 cm³/mol. The summed E-state index contributed by atoms with van der Waals surface area (Å²) >= 11 is 1.90. The SMILES string of the molecule is COc1ccc(-n2nc(C(=O)N[C@@H]3CCCSC3)cc2C)cc1. The van der Waals surface area contributed by atoms with Crippen molar-refractivity contribution in [3.63, 3.8) is 0 Å². The molecule has 1 amide bonds. The zero-order valence-corrected chi connectivity index (χ0v) is 14.2. The molecule has 1 N–H and O–H groups in total. The number of rotatable bonds is 4. The van der Waals surface area contributed by atoms with Crippen LogP contribution >= 0.6 is 11.8 Å². The van der Waals surface area contributed by atoms with Gasteiger partial charge < -0.3 is 10.1 Å². The third-order valence-electron chi connectivity index (χ3n) is 3.93. The van der Waals surface area contributed by atoms with Crippen molar-refractivity contribution in [3.05, 3.63) is 41.7 Å². The van der Waals surface area contributed by atoms with E-state index in [9.17, 15) is 4.79 Å². The number of nitrogens with one attached hydrogen (secondary N) is 1. The topological polar surface area (TPSA) is 56.2 Å². The Labute approximate surface area is 140 Å². The number of carbonyl (C=O) groups is 1. The highest BCUT2D eigenvalue weighted by atomic mass is 32.2. The molecule has 0 radical (unpaired) electrons. The Balaban J connectivity index is 1.75. The first-order chi connectivity index (χ1) is 11.2. The Morgan fingerprint density at radius 3 is 2.83 bits per heavy atom. The van der Waals surface area contributed by atoms with Crippen LogP contribution in [0.3, 0.4) is 0 Å². The van der Waals surface area contributed by atoms with Gasteiger partial charge in [-0.05, 0) is 55.9 Å². The zero-order valence-electron chi connectivity index (χ0n) is 13.4. The molecule has 2 aromatic rings. The standard InChI is InChI=1S/C17H21N3O2S/c1-12-10-16(17(21)18-13-4-3-9-23-11-13)19-20(12)14-5-7-15(22-2)8-6-14/h5-8,10,13H,3-4,9,11H2,1-2H3,(H,18,21)/t13-/m1/s1. The van der Waals surface area contributed by atoms with Gasteiger partial charge in [0.05, 0.1) is 12.8 Å². The normalized spacial score (nSPS) is 17.7. The predicted octanol–water partition coefficient (Wildman–Crippen LogP) is 2.81. The highest BCUT2D eigenvalue weighted by Crippen LogP contribution is 2.19. The molecule has 1 aromatic carbocycles. The Morgan fingerprint density at radius 2 is 2.17 bits per heavy atom. The third-order valence-corrected chi connectivity index (χ3v) is 5.15. The number of carbonyl (C=O) groups excluding carboxylic acids is 1. The molecule has 23 heavy (non-hydrogen) atoms. The zero-order chi connectivity index (χ0) is 16.2. The maximum atomic E-state index is 12.4. The van der Waals surface area contributed by atoms with Crippen molar-refractivity contribution in [1.29, 1.82) is 0 Å². The van der Waals surface area contributed by atoms with Gasteiger partial charge in [-0.3, -0.25) is 4.79 Å². The highest BCUT2D eigenvalue weighted by Gasteiger charge is 2.19. The van der Waals surface area contributed by atoms with Gasteiger partial charge in [0, 0.05) is 17.5 Å². The van der Waals surface area contributed by atoms with E-state index in [2.05, 4.69) is 10.4 Å². The van der Waals surface area contributed by atoms with Crippen molar-refractivity contribution in [2.24, 2.45) is 0 Å². The fraction of sp³-hybridized carbons (Fsp3) is 0.412. The number of ether oxygens (including phenoxy) is 1. The second-order valence-electron chi connectivity index (χ2n) is 5.67. The molecule has 0 spiro atoms. The summed E-state index contributed by atoms with van der Waals surface area (Å²) in [5.41, 5.74) is 2.31. The highest BCUT2D eigenvalue weighted by molar-refractivity contribution is 7.99. The van der Waals surface area contributed by atoms with Crippen molar-refractivity contribution in [2.75, 3.05) is 18.6 Å². The lowest BCUT2D eigenvalue weighted by Crippen LogP contribution is -2.38. The lowest BCUT2D eigenvalue weighted by molar-refractivity contribution is 0.0933. The van der Waals surface area contributed by atoms with Crippen LogP contribution in [0.5, 0.6) is 5.75 Å². The second kappa shape index (κ2) is 7.08. The molecule has 122 valence electrons. The summed E-state index contributed by atoms with van der Waals surface area (Å²) < 4.78 is 6.95. The van der Waals surface area contributed by atoms with Crippen LogP contribution in [0.4, 0.5) is 0 Å². The molecule has 5 nitrogen and oxygen atoms in total. The summed E-state index contributed by atoms with van der Waals surface area (Å²) in [7, 11) is 1.64. The van der Waals surface area contributed by atoms with E-state index in [0.29, 0.717) is 5.69 Å². The molecule has 1 fully saturated rings. The Kier molecular flexibility index (Phi) is 4.91. The number of nitrogens with zero attached hydrogens (tertiary/aromatic N) is 2. The number of hydrogen-bond donors (Lipinski definition) is 1. The molecule has 3 rings (SSSR count). The smallest absolute Gasteiger partial charge is 0.272 e. The lowest BCUT2D eigenvalue weighted by atomic mass is 10.2. The van der Waals surface area contributed by atoms with Gasteiger partial charge >= 0.3 is 0 Å².